The number of carboxylic acid groups (broad SMARTS) is 1. The summed E-state index contributed by atoms with van der Waals surface area (Å²) >= 11 is 0. The maximum absolute atomic E-state index is 10.3. The molecule has 0 amide bonds. The predicted molar refractivity (Wildman–Crippen MR) is 38.8 cm³/mol. The number of hydrogen-bond acceptors (Lipinski definition) is 4. The Balaban J connectivity index is 3.79. The van der Waals surface area contributed by atoms with Crippen LogP contribution in [0.3, 0.4) is 0 Å². The van der Waals surface area contributed by atoms with Crippen molar-refractivity contribution in [1.29, 1.82) is 0 Å². The van der Waals surface area contributed by atoms with Gasteiger partial charge in [-0.2, -0.15) is 5.11 Å². The van der Waals surface area contributed by atoms with Crippen LogP contribution in [0.5, 0.6) is 0 Å². The summed E-state index contributed by atoms with van der Waals surface area (Å²) in [5, 5.41) is 14.7. The molecule has 0 saturated carbocycles. The number of nitrogens with two attached hydrogens (primary N) is 2. The molecule has 0 bridgehead atoms. The second-order valence-corrected chi connectivity index (χ2v) is 2.02. The van der Waals surface area contributed by atoms with Crippen molar-refractivity contribution in [1.82, 2.24) is 0 Å². The van der Waals surface area contributed by atoms with Gasteiger partial charge >= 0.3 is 5.97 Å². The second-order valence-electron chi connectivity index (χ2n) is 2.02. The molecule has 0 aromatic rings. The van der Waals surface area contributed by atoms with Crippen LogP contribution in [0.15, 0.2) is 10.3 Å². The van der Waals surface area contributed by atoms with E-state index >= 15 is 0 Å². The van der Waals surface area contributed by atoms with Crippen LogP contribution in [-0.2, 0) is 4.79 Å². The highest BCUT2D eigenvalue weighted by Crippen LogP contribution is 2.01. The zero-order valence-electron chi connectivity index (χ0n) is 6.10. The van der Waals surface area contributed by atoms with E-state index < -0.39 is 12.0 Å². The normalized spacial score (nSPS) is 13.5. The third-order valence-electron chi connectivity index (χ3n) is 1.17. The van der Waals surface area contributed by atoms with Crippen molar-refractivity contribution in [3.05, 3.63) is 0 Å². The van der Waals surface area contributed by atoms with Crippen LogP contribution in [0.1, 0.15) is 12.8 Å². The van der Waals surface area contributed by atoms with Gasteiger partial charge in [0.2, 0.25) is 0 Å². The van der Waals surface area contributed by atoms with Gasteiger partial charge in [0, 0.05) is 0 Å². The SMILES string of the molecule is NCCCC(N=NN)C(=O)O. The van der Waals surface area contributed by atoms with Crippen molar-refractivity contribution in [2.24, 2.45) is 21.9 Å². The number of hydrogen-bond donors (Lipinski definition) is 3. The molecule has 5 N–H and O–H groups in total. The number of carboxylic acids is 1. The summed E-state index contributed by atoms with van der Waals surface area (Å²) in [6, 6.07) is -0.844. The van der Waals surface area contributed by atoms with Crippen molar-refractivity contribution in [3.8, 4) is 0 Å². The van der Waals surface area contributed by atoms with Gasteiger partial charge in [-0.1, -0.05) is 5.22 Å². The van der Waals surface area contributed by atoms with Gasteiger partial charge in [-0.15, -0.1) is 0 Å². The minimum atomic E-state index is -1.02. The first kappa shape index (κ1) is 9.83. The Labute approximate surface area is 64.3 Å². The molecule has 1 unspecified atom stereocenters. The average Bonchev–Trinajstić information content (AvgIpc) is 1.97. The Morgan fingerprint density at radius 2 is 2.27 bits per heavy atom. The molecule has 0 rings (SSSR count). The fraction of sp³-hybridized carbons (Fsp3) is 0.800. The van der Waals surface area contributed by atoms with E-state index in [0.717, 1.165) is 0 Å². The number of nitrogens with zero attached hydrogens (tertiary/aromatic N) is 2. The first-order valence-electron chi connectivity index (χ1n) is 3.25. The first-order valence-corrected chi connectivity index (χ1v) is 3.25. The van der Waals surface area contributed by atoms with E-state index in [2.05, 4.69) is 10.3 Å². The van der Waals surface area contributed by atoms with Crippen molar-refractivity contribution < 1.29 is 9.90 Å². The summed E-state index contributed by atoms with van der Waals surface area (Å²) in [4.78, 5) is 10.3. The van der Waals surface area contributed by atoms with E-state index in [4.69, 9.17) is 16.7 Å². The van der Waals surface area contributed by atoms with E-state index in [1.807, 2.05) is 0 Å². The van der Waals surface area contributed by atoms with Crippen molar-refractivity contribution in [3.63, 3.8) is 0 Å². The van der Waals surface area contributed by atoms with Crippen molar-refractivity contribution in [2.45, 2.75) is 18.9 Å². The van der Waals surface area contributed by atoms with E-state index in [0.29, 0.717) is 19.4 Å². The minimum absolute atomic E-state index is 0.381. The third-order valence-corrected chi connectivity index (χ3v) is 1.17. The molecule has 6 nitrogen and oxygen atoms in total. The number of carbonyl (C=O) groups is 1. The zero-order chi connectivity index (χ0) is 8.69. The van der Waals surface area contributed by atoms with Gasteiger partial charge in [0.1, 0.15) is 0 Å². The molecular weight excluding hydrogens is 148 g/mol. The maximum Gasteiger partial charge on any atom is 0.330 e. The minimum Gasteiger partial charge on any atom is -0.480 e. The van der Waals surface area contributed by atoms with Crippen LogP contribution in [0.2, 0.25) is 0 Å². The highest BCUT2D eigenvalue weighted by atomic mass is 16.4. The molecule has 0 aromatic heterocycles. The molecule has 0 aliphatic carbocycles. The van der Waals surface area contributed by atoms with Crippen molar-refractivity contribution >= 4 is 5.97 Å². The van der Waals surface area contributed by atoms with Crippen LogP contribution >= 0.6 is 0 Å². The van der Waals surface area contributed by atoms with Crippen LogP contribution in [0, 0.1) is 0 Å². The molecular formula is C5H12N4O2. The fourth-order valence-electron chi connectivity index (χ4n) is 0.622. The van der Waals surface area contributed by atoms with Gasteiger partial charge in [-0.05, 0) is 19.4 Å². The van der Waals surface area contributed by atoms with Crippen LogP contribution in [0.4, 0.5) is 0 Å². The van der Waals surface area contributed by atoms with Gasteiger partial charge < -0.3 is 16.7 Å². The van der Waals surface area contributed by atoms with Gasteiger partial charge in [0.25, 0.3) is 0 Å². The first-order chi connectivity index (χ1) is 5.22. The fourth-order valence-corrected chi connectivity index (χ4v) is 0.622. The molecule has 11 heavy (non-hydrogen) atoms. The van der Waals surface area contributed by atoms with E-state index in [-0.39, 0.29) is 0 Å². The summed E-state index contributed by atoms with van der Waals surface area (Å²) in [5.41, 5.74) is 5.18. The molecule has 0 aliphatic rings. The van der Waals surface area contributed by atoms with Crippen LogP contribution in [0.25, 0.3) is 0 Å². The van der Waals surface area contributed by atoms with Crippen LogP contribution in [-0.4, -0.2) is 23.7 Å². The Bertz CT molecular complexity index is 147. The van der Waals surface area contributed by atoms with Gasteiger partial charge in [0.05, 0.1) is 0 Å². The highest BCUT2D eigenvalue weighted by molar-refractivity contribution is 5.73. The summed E-state index contributed by atoms with van der Waals surface area (Å²) in [7, 11) is 0. The lowest BCUT2D eigenvalue weighted by molar-refractivity contribution is -0.138. The number of rotatable bonds is 5. The zero-order valence-corrected chi connectivity index (χ0v) is 6.10. The molecule has 64 valence electrons. The molecule has 0 fully saturated rings. The highest BCUT2D eigenvalue weighted by Gasteiger charge is 2.14. The molecule has 0 heterocycles. The third kappa shape index (κ3) is 4.26. The molecule has 6 heteroatoms. The topological polar surface area (TPSA) is 114 Å². The summed E-state index contributed by atoms with van der Waals surface area (Å²) in [6.07, 6.45) is 0.989. The van der Waals surface area contributed by atoms with Gasteiger partial charge in [-0.3, -0.25) is 0 Å². The molecule has 0 saturated heterocycles. The van der Waals surface area contributed by atoms with Crippen LogP contribution < -0.4 is 11.6 Å². The monoisotopic (exact) mass is 160 g/mol. The lowest BCUT2D eigenvalue weighted by Crippen LogP contribution is -2.19. The molecule has 0 radical (unpaired) electrons. The molecule has 0 aliphatic heterocycles. The summed E-state index contributed by atoms with van der Waals surface area (Å²) in [6.45, 7) is 0.448. The Morgan fingerprint density at radius 1 is 1.64 bits per heavy atom. The maximum atomic E-state index is 10.3. The lowest BCUT2D eigenvalue weighted by atomic mass is 10.2. The molecule has 1 atom stereocenters. The van der Waals surface area contributed by atoms with E-state index in [1.54, 1.807) is 0 Å². The Hall–Kier alpha value is -1.17. The van der Waals surface area contributed by atoms with E-state index in [1.165, 1.54) is 0 Å². The average molecular weight is 160 g/mol. The quantitative estimate of drug-likeness (QED) is 0.286. The lowest BCUT2D eigenvalue weighted by Gasteiger charge is -2.02. The smallest absolute Gasteiger partial charge is 0.330 e. The molecule has 0 spiro atoms. The van der Waals surface area contributed by atoms with Gasteiger partial charge in [-0.25, -0.2) is 4.79 Å². The van der Waals surface area contributed by atoms with Crippen molar-refractivity contribution in [2.75, 3.05) is 6.54 Å². The Morgan fingerprint density at radius 3 is 2.64 bits per heavy atom. The largest absolute Gasteiger partial charge is 0.480 e. The predicted octanol–water partition coefficient (Wildman–Crippen LogP) is -0.496. The summed E-state index contributed by atoms with van der Waals surface area (Å²) < 4.78 is 0. The standard InChI is InChI=1S/C5H12N4O2/c6-3-1-2-4(5(10)11)8-9-7/h4H,1-3,6H2,(H2,7,8)(H,10,11). The van der Waals surface area contributed by atoms with E-state index in [9.17, 15) is 4.79 Å². The number of aliphatic carboxylic acids is 1. The summed E-state index contributed by atoms with van der Waals surface area (Å²) in [5.74, 6) is 3.68. The second kappa shape index (κ2) is 5.60. The molecule has 0 aromatic carbocycles. The Kier molecular flexibility index (Phi) is 5.01. The van der Waals surface area contributed by atoms with Gasteiger partial charge in [0.15, 0.2) is 6.04 Å².